The molecule has 2 atom stereocenters. The molecule has 0 radical (unpaired) electrons. The molecule has 146 valence electrons. The first-order valence-electron chi connectivity index (χ1n) is 7.89. The van der Waals surface area contributed by atoms with Crippen LogP contribution in [0.4, 0.5) is 0 Å². The molecule has 0 aromatic heterocycles. The molecule has 2 aliphatic rings. The number of allylic oxidation sites excluding steroid dienone is 5. The van der Waals surface area contributed by atoms with Crippen molar-refractivity contribution in [1.29, 1.82) is 0 Å². The molecule has 1 heterocycles. The molecule has 0 fully saturated rings. The molecule has 0 bridgehead atoms. The highest BCUT2D eigenvalue weighted by Crippen LogP contribution is 2.26. The molecule has 0 amide bonds. The Kier molecular flexibility index (Phi) is 6.50. The van der Waals surface area contributed by atoms with Crippen LogP contribution in [0.1, 0.15) is 13.3 Å². The monoisotopic (exact) mass is 382 g/mol. The summed E-state index contributed by atoms with van der Waals surface area (Å²) in [7, 11) is 0. The van der Waals surface area contributed by atoms with E-state index < -0.39 is 58.5 Å². The third kappa shape index (κ3) is 4.82. The second-order valence-electron chi connectivity index (χ2n) is 5.56. The van der Waals surface area contributed by atoms with E-state index in [0.29, 0.717) is 6.08 Å². The summed E-state index contributed by atoms with van der Waals surface area (Å²) in [6, 6.07) is 0. The van der Waals surface area contributed by atoms with E-state index in [0.717, 1.165) is 12.2 Å². The van der Waals surface area contributed by atoms with Gasteiger partial charge in [-0.2, -0.15) is 0 Å². The summed E-state index contributed by atoms with van der Waals surface area (Å²) < 4.78 is 15.7. The van der Waals surface area contributed by atoms with Crippen LogP contribution < -0.4 is 0 Å². The van der Waals surface area contributed by atoms with Crippen molar-refractivity contribution < 1.29 is 49.0 Å². The molecule has 4 N–H and O–H groups in total. The number of carbonyl (C=O) groups excluding carboxylic acids is 3. The van der Waals surface area contributed by atoms with Gasteiger partial charge in [0, 0.05) is 12.7 Å². The topological polar surface area (TPSA) is 160 Å². The Bertz CT molecular complexity index is 771. The third-order valence-electron chi connectivity index (χ3n) is 3.52. The fraction of sp³-hybridized carbons (Fsp3) is 0.353. The smallest absolute Gasteiger partial charge is 0.291 e. The zero-order valence-corrected chi connectivity index (χ0v) is 14.2. The van der Waals surface area contributed by atoms with Crippen molar-refractivity contribution in [2.45, 2.75) is 25.7 Å². The molecule has 0 aromatic rings. The number of aliphatic hydroxyl groups excluding tert-OH is 4. The highest BCUT2D eigenvalue weighted by molar-refractivity contribution is 6.48. The van der Waals surface area contributed by atoms with E-state index in [9.17, 15) is 24.6 Å². The maximum Gasteiger partial charge on any atom is 0.291 e. The maximum atomic E-state index is 12.0. The predicted octanol–water partition coefficient (Wildman–Crippen LogP) is -0.161. The first-order chi connectivity index (χ1) is 12.8. The van der Waals surface area contributed by atoms with E-state index in [1.54, 1.807) is 0 Å². The first kappa shape index (κ1) is 20.4. The number of ether oxygens (including phenoxy) is 3. The van der Waals surface area contributed by atoms with Crippen LogP contribution in [0.15, 0.2) is 47.0 Å². The summed E-state index contributed by atoms with van der Waals surface area (Å²) in [5, 5.41) is 36.9. The number of hydrogen-bond donors (Lipinski definition) is 4. The van der Waals surface area contributed by atoms with Crippen molar-refractivity contribution in [3.8, 4) is 0 Å². The molecule has 0 aromatic carbocycles. The van der Waals surface area contributed by atoms with Gasteiger partial charge in [0.25, 0.3) is 11.7 Å². The van der Waals surface area contributed by atoms with Crippen LogP contribution in [0.2, 0.25) is 0 Å². The standard InChI is InChI=1S/C17H18O10/c1-8(25-9(7-19)2-3-18)26-15-6-14(23)16(24)17(27-15)10-4-12(21)13(22)5-11(10)20/h4-6,8-9,18-19,21-22H,2-3,7H2,1H3/b17-10-. The molecule has 1 aliphatic heterocycles. The summed E-state index contributed by atoms with van der Waals surface area (Å²) >= 11 is 0. The van der Waals surface area contributed by atoms with Gasteiger partial charge < -0.3 is 34.6 Å². The molecular weight excluding hydrogens is 364 g/mol. The summed E-state index contributed by atoms with van der Waals surface area (Å²) in [5.74, 6) is -5.48. The van der Waals surface area contributed by atoms with Crippen LogP contribution in [0, 0.1) is 0 Å². The van der Waals surface area contributed by atoms with Gasteiger partial charge in [-0.25, -0.2) is 0 Å². The minimum absolute atomic E-state index is 0.144. The lowest BCUT2D eigenvalue weighted by atomic mass is 9.99. The Hall–Kier alpha value is -2.95. The number of hydrogen-bond acceptors (Lipinski definition) is 10. The number of ketones is 3. The molecule has 2 unspecified atom stereocenters. The first-order valence-corrected chi connectivity index (χ1v) is 7.89. The van der Waals surface area contributed by atoms with E-state index in [-0.39, 0.29) is 19.6 Å². The zero-order valence-electron chi connectivity index (χ0n) is 14.2. The molecule has 0 spiro atoms. The average molecular weight is 382 g/mol. The lowest BCUT2D eigenvalue weighted by Crippen LogP contribution is -2.30. The minimum Gasteiger partial charge on any atom is -0.504 e. The molecule has 10 heteroatoms. The van der Waals surface area contributed by atoms with Crippen molar-refractivity contribution in [2.75, 3.05) is 13.2 Å². The van der Waals surface area contributed by atoms with E-state index in [1.807, 2.05) is 0 Å². The van der Waals surface area contributed by atoms with Gasteiger partial charge in [-0.15, -0.1) is 0 Å². The van der Waals surface area contributed by atoms with E-state index in [1.165, 1.54) is 6.92 Å². The largest absolute Gasteiger partial charge is 0.504 e. The molecule has 0 saturated carbocycles. The molecule has 0 saturated heterocycles. The molecule has 27 heavy (non-hydrogen) atoms. The molecule has 1 aliphatic carbocycles. The molecule has 2 rings (SSSR count). The third-order valence-corrected chi connectivity index (χ3v) is 3.52. The van der Waals surface area contributed by atoms with Gasteiger partial charge in [0.05, 0.1) is 24.4 Å². The van der Waals surface area contributed by atoms with Gasteiger partial charge in [-0.05, 0) is 19.4 Å². The summed E-state index contributed by atoms with van der Waals surface area (Å²) in [6.07, 6.45) is 0.620. The van der Waals surface area contributed by atoms with E-state index >= 15 is 0 Å². The van der Waals surface area contributed by atoms with E-state index in [2.05, 4.69) is 0 Å². The Morgan fingerprint density at radius 2 is 1.70 bits per heavy atom. The fourth-order valence-electron chi connectivity index (χ4n) is 2.24. The average Bonchev–Trinajstić information content (AvgIpc) is 2.60. The quantitative estimate of drug-likeness (QED) is 0.265. The highest BCUT2D eigenvalue weighted by atomic mass is 16.8. The van der Waals surface area contributed by atoms with Gasteiger partial charge >= 0.3 is 0 Å². The van der Waals surface area contributed by atoms with Crippen molar-refractivity contribution in [2.24, 2.45) is 0 Å². The second kappa shape index (κ2) is 8.62. The normalized spacial score (nSPS) is 22.5. The maximum absolute atomic E-state index is 12.0. The summed E-state index contributed by atoms with van der Waals surface area (Å²) in [4.78, 5) is 35.9. The minimum atomic E-state index is -1.13. The number of Topliss-reactive ketones (excluding diaryl/α,β-unsaturated/α-hetero) is 1. The number of carbonyl (C=O) groups is 3. The van der Waals surface area contributed by atoms with Gasteiger partial charge in [0.15, 0.2) is 23.1 Å². The van der Waals surface area contributed by atoms with Gasteiger partial charge in [0.1, 0.15) is 0 Å². The van der Waals surface area contributed by atoms with Crippen molar-refractivity contribution in [3.05, 3.63) is 47.0 Å². The summed E-state index contributed by atoms with van der Waals surface area (Å²) in [5.41, 5.74) is -0.431. The Labute approximate surface area is 153 Å². The zero-order chi connectivity index (χ0) is 20.1. The summed E-state index contributed by atoms with van der Waals surface area (Å²) in [6.45, 7) is 0.824. The lowest BCUT2D eigenvalue weighted by Gasteiger charge is -2.24. The highest BCUT2D eigenvalue weighted by Gasteiger charge is 2.34. The van der Waals surface area contributed by atoms with Gasteiger partial charge in [-0.3, -0.25) is 14.4 Å². The fourth-order valence-corrected chi connectivity index (χ4v) is 2.24. The van der Waals surface area contributed by atoms with Crippen molar-refractivity contribution in [1.82, 2.24) is 0 Å². The Balaban J connectivity index is 2.21. The van der Waals surface area contributed by atoms with Crippen LogP contribution in [0.25, 0.3) is 0 Å². The van der Waals surface area contributed by atoms with E-state index in [4.69, 9.17) is 24.4 Å². The molecular formula is C17H18O10. The number of rotatable bonds is 7. The van der Waals surface area contributed by atoms with Gasteiger partial charge in [-0.1, -0.05) is 0 Å². The van der Waals surface area contributed by atoms with Crippen LogP contribution in [0.3, 0.4) is 0 Å². The lowest BCUT2D eigenvalue weighted by molar-refractivity contribution is -0.174. The van der Waals surface area contributed by atoms with Gasteiger partial charge in [0.2, 0.25) is 12.1 Å². The Morgan fingerprint density at radius 1 is 1.04 bits per heavy atom. The van der Waals surface area contributed by atoms with Crippen LogP contribution in [-0.2, 0) is 28.6 Å². The number of aliphatic hydroxyl groups is 4. The molecule has 10 nitrogen and oxygen atoms in total. The SMILES string of the molecule is CC(OC1=CC(=O)C(=O)/C(=C2\C=C(O)C(O)=CC2=O)O1)OC(CO)CCO. The predicted molar refractivity (Wildman–Crippen MR) is 86.8 cm³/mol. The Morgan fingerprint density at radius 3 is 2.33 bits per heavy atom. The van der Waals surface area contributed by atoms with Crippen LogP contribution in [0.5, 0.6) is 0 Å². The van der Waals surface area contributed by atoms with Crippen molar-refractivity contribution in [3.63, 3.8) is 0 Å². The second-order valence-corrected chi connectivity index (χ2v) is 5.56. The van der Waals surface area contributed by atoms with Crippen LogP contribution >= 0.6 is 0 Å². The van der Waals surface area contributed by atoms with Crippen LogP contribution in [-0.4, -0.2) is 63.4 Å². The van der Waals surface area contributed by atoms with Crippen molar-refractivity contribution >= 4 is 17.3 Å².